The molecule has 0 fully saturated rings. The van der Waals surface area contributed by atoms with Gasteiger partial charge in [0.05, 0.1) is 5.56 Å². The van der Waals surface area contributed by atoms with Crippen LogP contribution in [-0.4, -0.2) is 5.12 Å². The number of rotatable bonds is 2. The minimum Gasteiger partial charge on any atom is -0.288 e. The van der Waals surface area contributed by atoms with Gasteiger partial charge in [-0.05, 0) is 17.7 Å². The topological polar surface area (TPSA) is 17.1 Å². The number of hydrogen-bond acceptors (Lipinski definition) is 2. The second kappa shape index (κ2) is 5.23. The number of alkyl halides is 3. The molecular formula is C10H8BrF3OS. The van der Waals surface area contributed by atoms with Gasteiger partial charge in [0.1, 0.15) is 0 Å². The lowest BCUT2D eigenvalue weighted by molar-refractivity contribution is -0.138. The molecule has 16 heavy (non-hydrogen) atoms. The second-order valence-electron chi connectivity index (χ2n) is 3.08. The third kappa shape index (κ3) is 3.83. The molecule has 0 aliphatic rings. The second-order valence-corrected chi connectivity index (χ2v) is 5.15. The van der Waals surface area contributed by atoms with Gasteiger partial charge >= 0.3 is 6.18 Å². The van der Waals surface area contributed by atoms with Crippen LogP contribution in [0.2, 0.25) is 0 Å². The van der Waals surface area contributed by atoms with Crippen molar-refractivity contribution >= 4 is 32.8 Å². The summed E-state index contributed by atoms with van der Waals surface area (Å²) in [5.41, 5.74) is -0.577. The third-order valence-corrected chi connectivity index (χ3v) is 3.16. The van der Waals surface area contributed by atoms with E-state index in [1.54, 1.807) is 0 Å². The van der Waals surface area contributed by atoms with Crippen LogP contribution in [-0.2, 0) is 16.7 Å². The predicted molar refractivity (Wildman–Crippen MR) is 61.1 cm³/mol. The first-order valence-electron chi connectivity index (χ1n) is 4.29. The molecule has 0 spiro atoms. The maximum Gasteiger partial charge on any atom is 0.416 e. The Bertz CT molecular complexity index is 404. The zero-order valence-corrected chi connectivity index (χ0v) is 10.7. The lowest BCUT2D eigenvalue weighted by Gasteiger charge is -2.12. The summed E-state index contributed by atoms with van der Waals surface area (Å²) >= 11 is 3.86. The first kappa shape index (κ1) is 13.6. The van der Waals surface area contributed by atoms with Gasteiger partial charge in [-0.15, -0.1) is 0 Å². The van der Waals surface area contributed by atoms with E-state index in [9.17, 15) is 18.0 Å². The third-order valence-electron chi connectivity index (χ3n) is 1.81. The van der Waals surface area contributed by atoms with Crippen molar-refractivity contribution in [2.75, 3.05) is 0 Å². The minimum atomic E-state index is -4.39. The van der Waals surface area contributed by atoms with Crippen molar-refractivity contribution in [3.8, 4) is 0 Å². The molecule has 0 unspecified atom stereocenters. The average Bonchev–Trinajstić information content (AvgIpc) is 2.14. The van der Waals surface area contributed by atoms with Gasteiger partial charge in [-0.3, -0.25) is 4.79 Å². The maximum atomic E-state index is 12.6. The van der Waals surface area contributed by atoms with Crippen LogP contribution in [0.5, 0.6) is 0 Å². The molecule has 0 bridgehead atoms. The minimum absolute atomic E-state index is 0.0391. The van der Waals surface area contributed by atoms with Crippen molar-refractivity contribution < 1.29 is 18.0 Å². The van der Waals surface area contributed by atoms with Crippen LogP contribution in [0.15, 0.2) is 22.7 Å². The Kier molecular flexibility index (Phi) is 4.43. The molecule has 0 aliphatic heterocycles. The molecule has 0 N–H and O–H groups in total. The molecule has 0 radical (unpaired) electrons. The number of carbonyl (C=O) groups is 1. The summed E-state index contributed by atoms with van der Waals surface area (Å²) in [5, 5.41) is -0.198. The molecule has 0 aliphatic carbocycles. The van der Waals surface area contributed by atoms with Crippen molar-refractivity contribution in [3.63, 3.8) is 0 Å². The largest absolute Gasteiger partial charge is 0.416 e. The van der Waals surface area contributed by atoms with E-state index in [2.05, 4.69) is 15.9 Å². The molecule has 0 saturated carbocycles. The van der Waals surface area contributed by atoms with E-state index in [0.717, 1.165) is 17.8 Å². The van der Waals surface area contributed by atoms with Gasteiger partial charge in [0.15, 0.2) is 5.12 Å². The summed E-state index contributed by atoms with van der Waals surface area (Å²) in [7, 11) is 0. The Hall–Kier alpha value is -0.490. The molecule has 6 heteroatoms. The standard InChI is InChI=1S/C10H8BrF3OS/c1-6(15)16-5-7-2-3-8(11)4-9(7)10(12,13)14/h2-4H,5H2,1H3. The fourth-order valence-electron chi connectivity index (χ4n) is 1.12. The zero-order chi connectivity index (χ0) is 12.3. The first-order valence-corrected chi connectivity index (χ1v) is 6.07. The molecule has 1 nitrogen and oxygen atoms in total. The van der Waals surface area contributed by atoms with E-state index in [4.69, 9.17) is 0 Å². The van der Waals surface area contributed by atoms with E-state index < -0.39 is 11.7 Å². The predicted octanol–water partition coefficient (Wildman–Crippen LogP) is 4.25. The number of halogens is 4. The Morgan fingerprint density at radius 1 is 1.44 bits per heavy atom. The number of carbonyl (C=O) groups excluding carboxylic acids is 1. The summed E-state index contributed by atoms with van der Waals surface area (Å²) in [4.78, 5) is 10.7. The highest BCUT2D eigenvalue weighted by Gasteiger charge is 2.33. The van der Waals surface area contributed by atoms with Crippen LogP contribution in [0.1, 0.15) is 18.1 Å². The van der Waals surface area contributed by atoms with Gasteiger partial charge in [0.2, 0.25) is 0 Å². The molecule has 0 saturated heterocycles. The molecule has 1 rings (SSSR count). The zero-order valence-electron chi connectivity index (χ0n) is 8.27. The van der Waals surface area contributed by atoms with Crippen molar-refractivity contribution in [3.05, 3.63) is 33.8 Å². The molecule has 1 aromatic carbocycles. The summed E-state index contributed by atoms with van der Waals surface area (Å²) in [6.07, 6.45) is -4.39. The van der Waals surface area contributed by atoms with Crippen LogP contribution >= 0.6 is 27.7 Å². The van der Waals surface area contributed by atoms with Gasteiger partial charge in [0.25, 0.3) is 0 Å². The van der Waals surface area contributed by atoms with Crippen LogP contribution in [0, 0.1) is 0 Å². The molecule has 0 aromatic heterocycles. The Morgan fingerprint density at radius 3 is 2.56 bits per heavy atom. The summed E-state index contributed by atoms with van der Waals surface area (Å²) in [6, 6.07) is 3.93. The van der Waals surface area contributed by atoms with Crippen molar-refractivity contribution in [1.82, 2.24) is 0 Å². The quantitative estimate of drug-likeness (QED) is 0.812. The van der Waals surface area contributed by atoms with Crippen LogP contribution in [0.3, 0.4) is 0 Å². The highest BCUT2D eigenvalue weighted by atomic mass is 79.9. The number of hydrogen-bond donors (Lipinski definition) is 0. The van der Waals surface area contributed by atoms with E-state index >= 15 is 0 Å². The average molecular weight is 313 g/mol. The molecule has 1 aromatic rings. The molecule has 0 heterocycles. The van der Waals surface area contributed by atoms with E-state index in [0.29, 0.717) is 4.47 Å². The maximum absolute atomic E-state index is 12.6. The van der Waals surface area contributed by atoms with Gasteiger partial charge in [-0.2, -0.15) is 13.2 Å². The highest BCUT2D eigenvalue weighted by Crippen LogP contribution is 2.35. The Labute approximate surface area is 104 Å². The smallest absolute Gasteiger partial charge is 0.288 e. The van der Waals surface area contributed by atoms with Gasteiger partial charge < -0.3 is 0 Å². The summed E-state index contributed by atoms with van der Waals surface area (Å²) in [5.74, 6) is 0.0391. The molecular weight excluding hydrogens is 305 g/mol. The van der Waals surface area contributed by atoms with Crippen LogP contribution < -0.4 is 0 Å². The normalized spacial score (nSPS) is 11.6. The Morgan fingerprint density at radius 2 is 2.06 bits per heavy atom. The monoisotopic (exact) mass is 312 g/mol. The van der Waals surface area contributed by atoms with Gasteiger partial charge in [-0.1, -0.05) is 33.8 Å². The Balaban J connectivity index is 3.03. The summed E-state index contributed by atoms with van der Waals surface area (Å²) < 4.78 is 38.3. The van der Waals surface area contributed by atoms with Crippen molar-refractivity contribution in [2.24, 2.45) is 0 Å². The number of thioether (sulfide) groups is 1. The molecule has 0 amide bonds. The van der Waals surface area contributed by atoms with Crippen molar-refractivity contribution in [1.29, 1.82) is 0 Å². The van der Waals surface area contributed by atoms with Gasteiger partial charge in [0, 0.05) is 17.1 Å². The van der Waals surface area contributed by atoms with E-state index in [1.165, 1.54) is 19.1 Å². The van der Waals surface area contributed by atoms with Crippen LogP contribution in [0.4, 0.5) is 13.2 Å². The molecule has 88 valence electrons. The van der Waals surface area contributed by atoms with Gasteiger partial charge in [-0.25, -0.2) is 0 Å². The fourth-order valence-corrected chi connectivity index (χ4v) is 2.09. The molecule has 0 atom stereocenters. The van der Waals surface area contributed by atoms with Crippen LogP contribution in [0.25, 0.3) is 0 Å². The van der Waals surface area contributed by atoms with E-state index in [-0.39, 0.29) is 16.4 Å². The lowest BCUT2D eigenvalue weighted by Crippen LogP contribution is -2.09. The summed E-state index contributed by atoms with van der Waals surface area (Å²) in [6.45, 7) is 1.33. The first-order chi connectivity index (χ1) is 7.30. The fraction of sp³-hybridized carbons (Fsp3) is 0.300. The van der Waals surface area contributed by atoms with E-state index in [1.807, 2.05) is 0 Å². The lowest BCUT2D eigenvalue weighted by atomic mass is 10.1. The number of benzene rings is 1. The highest BCUT2D eigenvalue weighted by molar-refractivity contribution is 9.10. The van der Waals surface area contributed by atoms with Crippen molar-refractivity contribution in [2.45, 2.75) is 18.9 Å². The SMILES string of the molecule is CC(=O)SCc1ccc(Br)cc1C(F)(F)F.